The zero-order valence-electron chi connectivity index (χ0n) is 17.8. The molecule has 2 unspecified atom stereocenters. The van der Waals surface area contributed by atoms with Crippen LogP contribution in [0.4, 0.5) is 0 Å². The van der Waals surface area contributed by atoms with E-state index in [9.17, 15) is 19.8 Å². The molecule has 0 bridgehead atoms. The molecule has 0 saturated carbocycles. The van der Waals surface area contributed by atoms with Crippen LogP contribution in [-0.4, -0.2) is 58.7 Å². The van der Waals surface area contributed by atoms with Crippen LogP contribution in [0.15, 0.2) is 70.9 Å². The molecule has 12 N–H and O–H groups in total. The molecule has 182 valence electrons. The minimum absolute atomic E-state index is 0.0396. The Hall–Kier alpha value is -4.50. The summed E-state index contributed by atoms with van der Waals surface area (Å²) in [5, 5.41) is 57.2. The van der Waals surface area contributed by atoms with Crippen LogP contribution in [0.5, 0.6) is 0 Å². The summed E-state index contributed by atoms with van der Waals surface area (Å²) < 4.78 is 0. The summed E-state index contributed by atoms with van der Waals surface area (Å²) in [5.74, 6) is -4.20. The number of rotatable bonds is 7. The van der Waals surface area contributed by atoms with Crippen molar-refractivity contribution in [3.63, 3.8) is 0 Å². The van der Waals surface area contributed by atoms with Crippen molar-refractivity contribution in [2.75, 3.05) is 0 Å². The van der Waals surface area contributed by atoms with Crippen molar-refractivity contribution in [3.8, 4) is 0 Å². The van der Waals surface area contributed by atoms with Gasteiger partial charge in [-0.2, -0.15) is 10.9 Å². The molecular weight excluding hydrogens is 448 g/mol. The molecule has 2 aromatic carbocycles. The standard InChI is InChI=1S/2C8H10N4.C4H6O6/c2*9-8(10)12-11-6-7-4-2-1-3-5-7;5-1(3(7)8)2(6)4(9)10/h2*1-6H,(H4,9,10,12);1-2,5-6H,(H,7,8)(H,9,10)/b2*11-6+;. The van der Waals surface area contributed by atoms with Crippen LogP contribution in [-0.2, 0) is 9.59 Å². The number of nitrogens with one attached hydrogen (secondary N) is 2. The molecule has 0 aliphatic heterocycles. The van der Waals surface area contributed by atoms with Crippen molar-refractivity contribution in [2.45, 2.75) is 12.2 Å². The number of carboxylic acids is 2. The van der Waals surface area contributed by atoms with E-state index in [0.717, 1.165) is 11.1 Å². The number of carbonyl (C=O) groups excluding carboxylic acids is 2. The highest BCUT2D eigenvalue weighted by atomic mass is 16.4. The molecule has 0 aliphatic carbocycles. The lowest BCUT2D eigenvalue weighted by Crippen LogP contribution is -2.85. The van der Waals surface area contributed by atoms with E-state index in [1.165, 1.54) is 10.9 Å². The quantitative estimate of drug-likeness (QED) is 0.0825. The fraction of sp³-hybridized carbons (Fsp3) is 0.100. The predicted octanol–water partition coefficient (Wildman–Crippen LogP) is -5.84. The Morgan fingerprint density at radius 3 is 1.29 bits per heavy atom. The summed E-state index contributed by atoms with van der Waals surface area (Å²) in [6.07, 6.45) is -1.57. The van der Waals surface area contributed by atoms with Gasteiger partial charge in [0, 0.05) is 0 Å². The average molecular weight is 474 g/mol. The lowest BCUT2D eigenvalue weighted by atomic mass is 10.2. The molecular formula is C20H26N8O6. The Morgan fingerprint density at radius 1 is 0.765 bits per heavy atom. The normalized spacial score (nSPS) is 11.9. The molecule has 34 heavy (non-hydrogen) atoms. The molecule has 2 atom stereocenters. The third-order valence-electron chi connectivity index (χ3n) is 3.26. The second-order valence-electron chi connectivity index (χ2n) is 6.07. The van der Waals surface area contributed by atoms with Crippen LogP contribution in [0.2, 0.25) is 0 Å². The fourth-order valence-corrected chi connectivity index (χ4v) is 1.74. The topological polar surface area (TPSA) is 278 Å². The van der Waals surface area contributed by atoms with Crippen LogP contribution in [0.25, 0.3) is 0 Å². The Kier molecular flexibility index (Phi) is 14.8. The van der Waals surface area contributed by atoms with Gasteiger partial charge in [0.05, 0.1) is 24.4 Å². The van der Waals surface area contributed by atoms with E-state index in [1.807, 2.05) is 60.7 Å². The number of aliphatic carboxylic acids is 2. The molecule has 14 nitrogen and oxygen atoms in total. The Morgan fingerprint density at radius 2 is 1.06 bits per heavy atom. The number of guanidine groups is 2. The van der Waals surface area contributed by atoms with Gasteiger partial charge in [0.15, 0.2) is 0 Å². The predicted molar refractivity (Wildman–Crippen MR) is 118 cm³/mol. The number of quaternary nitrogens is 2. The molecule has 0 radical (unpaired) electrons. The number of aliphatic hydroxyl groups excluding tert-OH is 2. The van der Waals surface area contributed by atoms with Gasteiger partial charge in [0.25, 0.3) is 0 Å². The first-order valence-corrected chi connectivity index (χ1v) is 9.33. The lowest BCUT2D eigenvalue weighted by Gasteiger charge is -2.18. The van der Waals surface area contributed by atoms with Gasteiger partial charge in [-0.3, -0.25) is 0 Å². The molecule has 0 heterocycles. The van der Waals surface area contributed by atoms with E-state index in [0.29, 0.717) is 0 Å². The molecule has 14 heteroatoms. The van der Waals surface area contributed by atoms with Crippen LogP contribution >= 0.6 is 0 Å². The van der Waals surface area contributed by atoms with Crippen molar-refractivity contribution < 1.29 is 40.9 Å². The van der Waals surface area contributed by atoms with E-state index in [1.54, 1.807) is 12.4 Å². The first-order chi connectivity index (χ1) is 16.0. The maximum absolute atomic E-state index is 9.63. The molecule has 0 amide bonds. The monoisotopic (exact) mass is 474 g/mol. The zero-order chi connectivity index (χ0) is 25.9. The van der Waals surface area contributed by atoms with Crippen molar-refractivity contribution in [2.24, 2.45) is 21.7 Å². The second kappa shape index (κ2) is 17.1. The Labute approximate surface area is 194 Å². The van der Waals surface area contributed by atoms with Gasteiger partial charge in [-0.25, -0.2) is 10.8 Å². The van der Waals surface area contributed by atoms with Crippen LogP contribution in [0.1, 0.15) is 11.1 Å². The van der Waals surface area contributed by atoms with E-state index < -0.39 is 24.1 Å². The third kappa shape index (κ3) is 15.3. The summed E-state index contributed by atoms with van der Waals surface area (Å²) in [7, 11) is 0. The van der Waals surface area contributed by atoms with E-state index in [2.05, 4.69) is 10.2 Å². The molecule has 2 aromatic rings. The number of carbonyl (C=O) groups is 2. The number of hydrogen-bond donors (Lipinski definition) is 8. The number of benzene rings is 2. The summed E-state index contributed by atoms with van der Waals surface area (Å²) in [6.45, 7) is 0. The Balaban J connectivity index is 0.000000484. The molecule has 0 aliphatic rings. The summed E-state index contributed by atoms with van der Waals surface area (Å²) in [5.41, 5.74) is 14.7. The van der Waals surface area contributed by atoms with Crippen molar-refractivity contribution >= 4 is 36.3 Å². The summed E-state index contributed by atoms with van der Waals surface area (Å²) >= 11 is 0. The number of nitrogens with zero attached hydrogens (tertiary/aromatic N) is 2. The highest BCUT2D eigenvalue weighted by molar-refractivity contribution is 5.81. The van der Waals surface area contributed by atoms with E-state index >= 15 is 0 Å². The fourth-order valence-electron chi connectivity index (χ4n) is 1.74. The van der Waals surface area contributed by atoms with Crippen LogP contribution < -0.4 is 32.5 Å². The van der Waals surface area contributed by atoms with Gasteiger partial charge in [0.2, 0.25) is 0 Å². The van der Waals surface area contributed by atoms with Gasteiger partial charge in [-0.15, -0.1) is 0 Å². The first kappa shape index (κ1) is 29.5. The minimum Gasteiger partial charge on any atom is -0.547 e. The van der Waals surface area contributed by atoms with Crippen molar-refractivity contribution in [3.05, 3.63) is 71.8 Å². The van der Waals surface area contributed by atoms with Gasteiger partial charge < -0.3 is 41.5 Å². The lowest BCUT2D eigenvalue weighted by molar-refractivity contribution is -0.548. The zero-order valence-corrected chi connectivity index (χ0v) is 17.8. The molecule has 2 rings (SSSR count). The molecule has 0 spiro atoms. The molecule has 0 aromatic heterocycles. The highest BCUT2D eigenvalue weighted by Crippen LogP contribution is 1.93. The largest absolute Gasteiger partial charge is 0.547 e. The van der Waals surface area contributed by atoms with Crippen molar-refractivity contribution in [1.82, 2.24) is 0 Å². The first-order valence-electron chi connectivity index (χ1n) is 9.33. The second-order valence-corrected chi connectivity index (χ2v) is 6.07. The third-order valence-corrected chi connectivity index (χ3v) is 3.26. The Bertz CT molecular complexity index is 890. The smallest absolute Gasteiger partial charge is 0.315 e. The molecule has 0 saturated heterocycles. The number of hydrogen-bond acceptors (Lipinski definition) is 10. The number of aliphatic hydroxyl groups is 2. The van der Waals surface area contributed by atoms with Crippen LogP contribution in [0, 0.1) is 10.8 Å². The highest BCUT2D eigenvalue weighted by Gasteiger charge is 2.17. The average Bonchev–Trinajstić information content (AvgIpc) is 2.80. The van der Waals surface area contributed by atoms with E-state index in [4.69, 9.17) is 32.5 Å². The SMILES string of the molecule is N=C(N)[NH2+]/N=C/c1ccccc1.N=C(N)[NH2+]/N=C/c1ccccc1.O=C([O-])C(O)C(O)C(=O)[O-]. The maximum atomic E-state index is 9.63. The summed E-state index contributed by atoms with van der Waals surface area (Å²) in [6, 6.07) is 19.3. The molecule has 0 fully saturated rings. The minimum atomic E-state index is -2.44. The van der Waals surface area contributed by atoms with E-state index in [-0.39, 0.29) is 11.9 Å². The number of nitrogens with two attached hydrogens (primary N) is 4. The van der Waals surface area contributed by atoms with Crippen LogP contribution in [0.3, 0.4) is 0 Å². The van der Waals surface area contributed by atoms with Gasteiger partial charge in [-0.1, -0.05) is 70.9 Å². The maximum Gasteiger partial charge on any atom is 0.315 e. The van der Waals surface area contributed by atoms with Gasteiger partial charge >= 0.3 is 11.9 Å². The van der Waals surface area contributed by atoms with Crippen molar-refractivity contribution in [1.29, 1.82) is 10.8 Å². The van der Waals surface area contributed by atoms with Gasteiger partial charge in [-0.05, 0) is 11.1 Å². The number of carboxylic acid groups (broad SMARTS) is 2. The summed E-state index contributed by atoms with van der Waals surface area (Å²) in [4.78, 5) is 19.3. The van der Waals surface area contributed by atoms with Gasteiger partial charge in [0.1, 0.15) is 12.2 Å².